The number of alkyl carbamates (subject to hydrolysis) is 1. The third kappa shape index (κ3) is 4.12. The molecule has 0 rings (SSSR count). The van der Waals surface area contributed by atoms with Crippen LogP contribution in [0.5, 0.6) is 0 Å². The van der Waals surface area contributed by atoms with Crippen LogP contribution >= 0.6 is 0 Å². The molecule has 1 N–H and O–H groups in total. The Morgan fingerprint density at radius 1 is 0.933 bits per heavy atom. The summed E-state index contributed by atoms with van der Waals surface area (Å²) in [4.78, 5) is 32.7. The lowest BCUT2D eigenvalue weighted by Crippen LogP contribution is -2.23. The van der Waals surface area contributed by atoms with Gasteiger partial charge < -0.3 is 14.2 Å². The maximum absolute atomic E-state index is 11.0. The fourth-order valence-electron chi connectivity index (χ4n) is 0.611. The predicted molar refractivity (Wildman–Crippen MR) is 47.7 cm³/mol. The van der Waals surface area contributed by atoms with Gasteiger partial charge in [0.15, 0.2) is 5.57 Å². The predicted octanol–water partition coefficient (Wildman–Crippen LogP) is -0.428. The van der Waals surface area contributed by atoms with E-state index in [4.69, 9.17) is 0 Å². The molecule has 0 bridgehead atoms. The zero-order chi connectivity index (χ0) is 11.8. The van der Waals surface area contributed by atoms with Gasteiger partial charge in [-0.05, 0) is 0 Å². The van der Waals surface area contributed by atoms with Gasteiger partial charge in [-0.3, -0.25) is 5.32 Å². The number of amides is 1. The van der Waals surface area contributed by atoms with Crippen molar-refractivity contribution in [2.24, 2.45) is 0 Å². The summed E-state index contributed by atoms with van der Waals surface area (Å²) in [5.74, 6) is -1.84. The van der Waals surface area contributed by atoms with Gasteiger partial charge >= 0.3 is 18.0 Å². The summed E-state index contributed by atoms with van der Waals surface area (Å²) in [6.07, 6.45) is 0.0315. The highest BCUT2D eigenvalue weighted by Crippen LogP contribution is 1.98. The van der Waals surface area contributed by atoms with E-state index in [1.807, 2.05) is 5.32 Å². The maximum atomic E-state index is 11.0. The quantitative estimate of drug-likeness (QED) is 0.227. The molecule has 0 saturated heterocycles. The lowest BCUT2D eigenvalue weighted by atomic mass is 10.3. The van der Waals surface area contributed by atoms with Crippen LogP contribution in [0.4, 0.5) is 4.79 Å². The Labute approximate surface area is 86.0 Å². The van der Waals surface area contributed by atoms with Crippen LogP contribution in [0.3, 0.4) is 0 Å². The molecular weight excluding hydrogens is 206 g/mol. The minimum absolute atomic E-state index is 0.439. The van der Waals surface area contributed by atoms with Gasteiger partial charge in [0.25, 0.3) is 0 Å². The zero-order valence-corrected chi connectivity index (χ0v) is 8.53. The largest absolute Gasteiger partial charge is 0.465 e. The first-order valence-electron chi connectivity index (χ1n) is 3.78. The van der Waals surface area contributed by atoms with Crippen LogP contribution in [0, 0.1) is 0 Å². The van der Waals surface area contributed by atoms with E-state index in [-0.39, 0.29) is 0 Å². The van der Waals surface area contributed by atoms with Crippen LogP contribution in [-0.2, 0) is 23.8 Å². The molecule has 0 saturated carbocycles. The summed E-state index contributed by atoms with van der Waals surface area (Å²) in [5, 5.41) is 2.04. The summed E-state index contributed by atoms with van der Waals surface area (Å²) in [6.45, 7) is 0. The van der Waals surface area contributed by atoms with Gasteiger partial charge in [-0.1, -0.05) is 0 Å². The minimum Gasteiger partial charge on any atom is -0.465 e. The van der Waals surface area contributed by atoms with Crippen molar-refractivity contribution < 1.29 is 28.6 Å². The molecule has 0 fully saturated rings. The molecule has 15 heavy (non-hydrogen) atoms. The molecule has 0 radical (unpaired) electrons. The first-order chi connectivity index (χ1) is 7.06. The van der Waals surface area contributed by atoms with E-state index in [0.717, 1.165) is 27.5 Å². The van der Waals surface area contributed by atoms with E-state index in [2.05, 4.69) is 14.2 Å². The van der Waals surface area contributed by atoms with Crippen molar-refractivity contribution in [1.29, 1.82) is 0 Å². The summed E-state index contributed by atoms with van der Waals surface area (Å²) in [6, 6.07) is 0. The summed E-state index contributed by atoms with van der Waals surface area (Å²) >= 11 is 0. The summed E-state index contributed by atoms with van der Waals surface area (Å²) in [7, 11) is 3.33. The number of carbonyl (C=O) groups is 3. The van der Waals surface area contributed by atoms with Gasteiger partial charge in [-0.25, -0.2) is 14.4 Å². The molecule has 0 heterocycles. The molecule has 0 aromatic carbocycles. The first-order valence-corrected chi connectivity index (χ1v) is 3.78. The second kappa shape index (κ2) is 6.41. The molecule has 7 nitrogen and oxygen atoms in total. The first kappa shape index (κ1) is 12.9. The Hall–Kier alpha value is -2.05. The number of methoxy groups -OCH3 is 3. The van der Waals surface area contributed by atoms with E-state index in [1.54, 1.807) is 0 Å². The highest BCUT2D eigenvalue weighted by molar-refractivity contribution is 6.14. The molecule has 1 amide bonds. The number of rotatable bonds is 3. The number of esters is 2. The minimum atomic E-state index is -0.918. The molecule has 0 aliphatic carbocycles. The van der Waals surface area contributed by atoms with Crippen molar-refractivity contribution in [2.45, 2.75) is 0 Å². The smallest absolute Gasteiger partial charge is 0.410 e. The molecule has 0 aliphatic heterocycles. The number of ether oxygens (including phenoxy) is 3. The van der Waals surface area contributed by atoms with Crippen LogP contribution < -0.4 is 5.32 Å². The highest BCUT2D eigenvalue weighted by atomic mass is 16.5. The van der Waals surface area contributed by atoms with Crippen molar-refractivity contribution >= 4 is 18.0 Å². The van der Waals surface area contributed by atoms with Crippen LogP contribution in [0.2, 0.25) is 0 Å². The molecule has 0 atom stereocenters. The standard InChI is InChI=1S/C8H11NO6/c1-13-6(10)5(7(11)14-2)4-9-8(12)15-3/h4H,1-3H3,(H,9,12). The molecule has 0 aromatic heterocycles. The molecule has 0 aliphatic rings. The van der Waals surface area contributed by atoms with Gasteiger partial charge in [-0.15, -0.1) is 0 Å². The topological polar surface area (TPSA) is 90.9 Å². The Bertz CT molecular complexity index is 278. The highest BCUT2D eigenvalue weighted by Gasteiger charge is 2.19. The molecule has 84 valence electrons. The number of nitrogens with one attached hydrogen (secondary N) is 1. The Morgan fingerprint density at radius 2 is 1.40 bits per heavy atom. The van der Waals surface area contributed by atoms with Gasteiger partial charge in [0.05, 0.1) is 21.3 Å². The van der Waals surface area contributed by atoms with Gasteiger partial charge in [0.1, 0.15) is 0 Å². The van der Waals surface area contributed by atoms with Crippen molar-refractivity contribution in [2.75, 3.05) is 21.3 Å². The average molecular weight is 217 g/mol. The second-order valence-corrected chi connectivity index (χ2v) is 2.18. The summed E-state index contributed by atoms with van der Waals surface area (Å²) < 4.78 is 12.8. The van der Waals surface area contributed by atoms with E-state index in [0.29, 0.717) is 0 Å². The second-order valence-electron chi connectivity index (χ2n) is 2.18. The van der Waals surface area contributed by atoms with Crippen molar-refractivity contribution in [3.8, 4) is 0 Å². The Kier molecular flexibility index (Phi) is 5.53. The monoisotopic (exact) mass is 217 g/mol. The third-order valence-corrected chi connectivity index (χ3v) is 1.33. The molecule has 0 spiro atoms. The van der Waals surface area contributed by atoms with E-state index in [9.17, 15) is 14.4 Å². The van der Waals surface area contributed by atoms with Gasteiger partial charge in [0.2, 0.25) is 0 Å². The van der Waals surface area contributed by atoms with Crippen LogP contribution in [0.1, 0.15) is 0 Å². The van der Waals surface area contributed by atoms with E-state index >= 15 is 0 Å². The number of hydrogen-bond donors (Lipinski definition) is 1. The van der Waals surface area contributed by atoms with Gasteiger partial charge in [-0.2, -0.15) is 0 Å². The fourth-order valence-corrected chi connectivity index (χ4v) is 0.611. The third-order valence-electron chi connectivity index (χ3n) is 1.33. The fraction of sp³-hybridized carbons (Fsp3) is 0.375. The zero-order valence-electron chi connectivity index (χ0n) is 8.53. The normalized spacial score (nSPS) is 8.47. The van der Waals surface area contributed by atoms with Crippen LogP contribution in [0.15, 0.2) is 11.8 Å². The summed E-state index contributed by atoms with van der Waals surface area (Å²) in [5.41, 5.74) is -0.439. The average Bonchev–Trinajstić information content (AvgIpc) is 2.27. The Balaban J connectivity index is 4.70. The lowest BCUT2D eigenvalue weighted by molar-refractivity contribution is -0.144. The Morgan fingerprint density at radius 3 is 1.73 bits per heavy atom. The number of carbonyl (C=O) groups excluding carboxylic acids is 3. The molecule has 0 unspecified atom stereocenters. The molecule has 0 aromatic rings. The van der Waals surface area contributed by atoms with Crippen LogP contribution in [-0.4, -0.2) is 39.4 Å². The van der Waals surface area contributed by atoms with Crippen LogP contribution in [0.25, 0.3) is 0 Å². The lowest BCUT2D eigenvalue weighted by Gasteiger charge is -2.03. The van der Waals surface area contributed by atoms with E-state index < -0.39 is 23.6 Å². The SMILES string of the molecule is COC(=O)NC=C(C(=O)OC)C(=O)OC. The van der Waals surface area contributed by atoms with E-state index in [1.165, 1.54) is 0 Å². The van der Waals surface area contributed by atoms with Crippen molar-refractivity contribution in [3.63, 3.8) is 0 Å². The van der Waals surface area contributed by atoms with Crippen molar-refractivity contribution in [1.82, 2.24) is 5.32 Å². The van der Waals surface area contributed by atoms with Crippen molar-refractivity contribution in [3.05, 3.63) is 11.8 Å². The van der Waals surface area contributed by atoms with Gasteiger partial charge in [0, 0.05) is 6.20 Å². The number of hydrogen-bond acceptors (Lipinski definition) is 6. The molecular formula is C8H11NO6. The molecule has 7 heteroatoms. The maximum Gasteiger partial charge on any atom is 0.410 e.